The Morgan fingerprint density at radius 3 is 2.76 bits per heavy atom. The first kappa shape index (κ1) is 14.9. The fraction of sp³-hybridized carbons (Fsp3) is 0.0769. The van der Waals surface area contributed by atoms with Gasteiger partial charge in [0, 0.05) is 20.7 Å². The number of nitrogens with zero attached hydrogens (tertiary/aromatic N) is 3. The van der Waals surface area contributed by atoms with E-state index in [-0.39, 0.29) is 0 Å². The number of halogens is 2. The topological polar surface area (TPSA) is 56.7 Å². The molecule has 0 saturated carbocycles. The lowest BCUT2D eigenvalue weighted by Gasteiger charge is -2.04. The average molecular weight is 402 g/mol. The van der Waals surface area contributed by atoms with Crippen molar-refractivity contribution < 1.29 is 0 Å². The van der Waals surface area contributed by atoms with E-state index >= 15 is 0 Å². The van der Waals surface area contributed by atoms with Crippen molar-refractivity contribution in [1.82, 2.24) is 14.9 Å². The van der Waals surface area contributed by atoms with Gasteiger partial charge in [0.05, 0.1) is 4.34 Å². The van der Waals surface area contributed by atoms with Crippen LogP contribution in [0.25, 0.3) is 11.4 Å². The zero-order chi connectivity index (χ0) is 14.8. The molecule has 21 heavy (non-hydrogen) atoms. The summed E-state index contributed by atoms with van der Waals surface area (Å²) < 4.78 is 3.24. The Morgan fingerprint density at radius 2 is 2.05 bits per heavy atom. The Kier molecular flexibility index (Phi) is 4.54. The molecule has 108 valence electrons. The predicted molar refractivity (Wildman–Crippen MR) is 92.2 cm³/mol. The summed E-state index contributed by atoms with van der Waals surface area (Å²) in [5.74, 6) is 7.50. The van der Waals surface area contributed by atoms with E-state index in [9.17, 15) is 0 Å². The maximum absolute atomic E-state index is 6.10. The summed E-state index contributed by atoms with van der Waals surface area (Å²) in [5.41, 5.74) is 0.915. The van der Waals surface area contributed by atoms with Crippen molar-refractivity contribution in [3.8, 4) is 11.4 Å². The Balaban J connectivity index is 1.81. The van der Waals surface area contributed by atoms with E-state index in [2.05, 4.69) is 26.1 Å². The molecule has 3 aromatic rings. The van der Waals surface area contributed by atoms with Gasteiger partial charge in [0.2, 0.25) is 5.16 Å². The lowest BCUT2D eigenvalue weighted by Crippen LogP contribution is -2.11. The molecule has 3 rings (SSSR count). The third-order valence-electron chi connectivity index (χ3n) is 2.75. The maximum atomic E-state index is 6.10. The highest BCUT2D eigenvalue weighted by atomic mass is 79.9. The molecule has 0 atom stereocenters. The summed E-state index contributed by atoms with van der Waals surface area (Å²) >= 11 is 12.5. The van der Waals surface area contributed by atoms with Gasteiger partial charge in [-0.1, -0.05) is 51.4 Å². The highest BCUT2D eigenvalue weighted by Crippen LogP contribution is 2.31. The van der Waals surface area contributed by atoms with Gasteiger partial charge in [0.15, 0.2) is 5.82 Å². The first-order valence-corrected chi connectivity index (χ1v) is 8.95. The molecule has 0 saturated heterocycles. The third-order valence-corrected chi connectivity index (χ3v) is 5.85. The second-order valence-corrected chi connectivity index (χ2v) is 7.75. The van der Waals surface area contributed by atoms with Crippen molar-refractivity contribution in [3.63, 3.8) is 0 Å². The van der Waals surface area contributed by atoms with Gasteiger partial charge in [0.25, 0.3) is 0 Å². The number of nitrogens with two attached hydrogens (primary N) is 1. The number of benzene rings is 1. The molecule has 0 aliphatic carbocycles. The molecule has 0 bridgehead atoms. The van der Waals surface area contributed by atoms with Crippen LogP contribution in [0, 0.1) is 0 Å². The molecule has 2 aromatic heterocycles. The Labute approximate surface area is 143 Å². The number of thiophene rings is 1. The number of rotatable bonds is 4. The van der Waals surface area contributed by atoms with Crippen LogP contribution in [0.2, 0.25) is 4.34 Å². The summed E-state index contributed by atoms with van der Waals surface area (Å²) in [7, 11) is 0. The Hall–Kier alpha value is -1.02. The Bertz CT molecular complexity index is 771. The Morgan fingerprint density at radius 1 is 1.24 bits per heavy atom. The van der Waals surface area contributed by atoms with Crippen molar-refractivity contribution >= 4 is 50.6 Å². The van der Waals surface area contributed by atoms with Crippen molar-refractivity contribution in [2.24, 2.45) is 0 Å². The highest BCUT2D eigenvalue weighted by molar-refractivity contribution is 9.10. The largest absolute Gasteiger partial charge is 0.335 e. The van der Waals surface area contributed by atoms with Crippen molar-refractivity contribution in [1.29, 1.82) is 0 Å². The summed E-state index contributed by atoms with van der Waals surface area (Å²) in [6.45, 7) is 0. The highest BCUT2D eigenvalue weighted by Gasteiger charge is 2.14. The second kappa shape index (κ2) is 6.39. The number of aromatic nitrogens is 3. The first-order chi connectivity index (χ1) is 10.1. The standard InChI is InChI=1S/C13H10BrClN4S2/c14-10-4-2-1-3-9(10)12-17-18-13(19(12)16)20-7-8-5-6-11(15)21-8/h1-6H,7,16H2. The van der Waals surface area contributed by atoms with Crippen LogP contribution in [0.3, 0.4) is 0 Å². The van der Waals surface area contributed by atoms with E-state index < -0.39 is 0 Å². The zero-order valence-corrected chi connectivity index (χ0v) is 14.6. The van der Waals surface area contributed by atoms with Gasteiger partial charge in [-0.25, -0.2) is 4.68 Å². The normalized spacial score (nSPS) is 11.0. The fourth-order valence-electron chi connectivity index (χ4n) is 1.77. The number of thioether (sulfide) groups is 1. The molecule has 8 heteroatoms. The van der Waals surface area contributed by atoms with Gasteiger partial charge in [-0.2, -0.15) is 0 Å². The lowest BCUT2D eigenvalue weighted by molar-refractivity contribution is 0.849. The molecule has 1 aromatic carbocycles. The van der Waals surface area contributed by atoms with Gasteiger partial charge in [-0.15, -0.1) is 21.5 Å². The van der Waals surface area contributed by atoms with E-state index in [4.69, 9.17) is 17.4 Å². The maximum Gasteiger partial charge on any atom is 0.210 e. The van der Waals surface area contributed by atoms with E-state index in [0.717, 1.165) is 20.1 Å². The number of nitrogen functional groups attached to an aromatic ring is 1. The quantitative estimate of drug-likeness (QED) is 0.519. The molecule has 0 aliphatic heterocycles. The summed E-state index contributed by atoms with van der Waals surface area (Å²) in [4.78, 5) is 1.18. The summed E-state index contributed by atoms with van der Waals surface area (Å²) in [6, 6.07) is 11.7. The third kappa shape index (κ3) is 3.26. The number of hydrogen-bond donors (Lipinski definition) is 1. The smallest absolute Gasteiger partial charge is 0.210 e. The van der Waals surface area contributed by atoms with E-state index in [1.54, 1.807) is 11.3 Å². The fourth-order valence-corrected chi connectivity index (χ4v) is 4.22. The second-order valence-electron chi connectivity index (χ2n) is 4.15. The van der Waals surface area contributed by atoms with Crippen molar-refractivity contribution in [2.45, 2.75) is 10.9 Å². The molecular formula is C13H10BrClN4S2. The molecule has 0 aliphatic rings. The lowest BCUT2D eigenvalue weighted by atomic mass is 10.2. The zero-order valence-electron chi connectivity index (χ0n) is 10.7. The van der Waals surface area contributed by atoms with Crippen LogP contribution < -0.4 is 5.84 Å². The van der Waals surface area contributed by atoms with Gasteiger partial charge in [-0.05, 0) is 24.3 Å². The van der Waals surface area contributed by atoms with E-state index in [1.807, 2.05) is 36.4 Å². The summed E-state index contributed by atoms with van der Waals surface area (Å²) in [5, 5.41) is 9.01. The predicted octanol–water partition coefficient (Wildman–Crippen LogP) is 4.43. The molecule has 0 spiro atoms. The molecular weight excluding hydrogens is 392 g/mol. The number of hydrogen-bond acceptors (Lipinski definition) is 5. The average Bonchev–Trinajstić information content (AvgIpc) is 3.04. The van der Waals surface area contributed by atoms with Crippen molar-refractivity contribution in [3.05, 3.63) is 50.1 Å². The molecule has 0 fully saturated rings. The van der Waals surface area contributed by atoms with Crippen LogP contribution in [-0.4, -0.2) is 14.9 Å². The SMILES string of the molecule is Nn1c(SCc2ccc(Cl)s2)nnc1-c1ccccc1Br. The van der Waals surface area contributed by atoms with Crippen LogP contribution in [0.1, 0.15) is 4.88 Å². The van der Waals surface area contributed by atoms with E-state index in [1.165, 1.54) is 21.3 Å². The van der Waals surface area contributed by atoms with Crippen molar-refractivity contribution in [2.75, 3.05) is 5.84 Å². The molecule has 4 nitrogen and oxygen atoms in total. The molecule has 0 amide bonds. The van der Waals surface area contributed by atoms with E-state index in [0.29, 0.717) is 11.0 Å². The molecule has 2 heterocycles. The van der Waals surface area contributed by atoms with Gasteiger partial charge in [-0.3, -0.25) is 0 Å². The van der Waals surface area contributed by atoms with Gasteiger partial charge in [0.1, 0.15) is 0 Å². The molecule has 0 unspecified atom stereocenters. The van der Waals surface area contributed by atoms with Gasteiger partial charge >= 0.3 is 0 Å². The minimum absolute atomic E-state index is 0.634. The molecule has 2 N–H and O–H groups in total. The monoisotopic (exact) mass is 400 g/mol. The minimum Gasteiger partial charge on any atom is -0.335 e. The van der Waals surface area contributed by atoms with Crippen LogP contribution >= 0.6 is 50.6 Å². The van der Waals surface area contributed by atoms with Gasteiger partial charge < -0.3 is 5.84 Å². The van der Waals surface area contributed by atoms with Crippen LogP contribution in [0.15, 0.2) is 46.0 Å². The summed E-state index contributed by atoms with van der Waals surface area (Å²) in [6.07, 6.45) is 0. The van der Waals surface area contributed by atoms with Crippen LogP contribution in [0.5, 0.6) is 0 Å². The van der Waals surface area contributed by atoms with Crippen LogP contribution in [-0.2, 0) is 5.75 Å². The first-order valence-electron chi connectivity index (χ1n) is 5.97. The molecule has 0 radical (unpaired) electrons. The van der Waals surface area contributed by atoms with Crippen LogP contribution in [0.4, 0.5) is 0 Å². The minimum atomic E-state index is 0.634.